The van der Waals surface area contributed by atoms with E-state index in [9.17, 15) is 0 Å². The van der Waals surface area contributed by atoms with E-state index in [0.29, 0.717) is 22.9 Å². The molecular formula is C9H9ClN4O3. The predicted molar refractivity (Wildman–Crippen MR) is 57.3 cm³/mol. The SMILES string of the molecule is OC[C@@H]1OC[C@@H](n2cnc3ncnc(Cl)c32)O1. The van der Waals surface area contributed by atoms with Crippen molar-refractivity contribution in [2.24, 2.45) is 0 Å². The van der Waals surface area contributed by atoms with E-state index in [4.69, 9.17) is 26.2 Å². The van der Waals surface area contributed by atoms with Crippen LogP contribution in [0.3, 0.4) is 0 Å². The fraction of sp³-hybridized carbons (Fsp3) is 0.444. The summed E-state index contributed by atoms with van der Waals surface area (Å²) in [5.74, 6) is 0. The van der Waals surface area contributed by atoms with Gasteiger partial charge in [0.1, 0.15) is 11.8 Å². The van der Waals surface area contributed by atoms with Crippen LogP contribution in [0.2, 0.25) is 5.15 Å². The third-order valence-electron chi connectivity index (χ3n) is 2.51. The molecule has 1 saturated heterocycles. The van der Waals surface area contributed by atoms with E-state index in [0.717, 1.165) is 0 Å². The zero-order valence-corrected chi connectivity index (χ0v) is 9.41. The van der Waals surface area contributed by atoms with Crippen LogP contribution in [-0.2, 0) is 9.47 Å². The van der Waals surface area contributed by atoms with Crippen molar-refractivity contribution in [1.82, 2.24) is 19.5 Å². The number of aliphatic hydroxyl groups excluding tert-OH is 1. The van der Waals surface area contributed by atoms with Crippen molar-refractivity contribution >= 4 is 22.8 Å². The standard InChI is InChI=1S/C9H9ClN4O3/c10-8-7-9(12-3-11-8)13-4-14(7)5-2-16-6(1-15)17-5/h3-6,15H,1-2H2/t5-,6+/m0/s1. The van der Waals surface area contributed by atoms with Gasteiger partial charge in [-0.2, -0.15) is 0 Å². The van der Waals surface area contributed by atoms with Crippen LogP contribution in [0, 0.1) is 0 Å². The molecule has 2 aromatic heterocycles. The summed E-state index contributed by atoms with van der Waals surface area (Å²) < 4.78 is 12.4. The first-order valence-electron chi connectivity index (χ1n) is 5.00. The van der Waals surface area contributed by atoms with E-state index in [2.05, 4.69) is 15.0 Å². The molecule has 1 N–H and O–H groups in total. The van der Waals surface area contributed by atoms with Gasteiger partial charge in [0, 0.05) is 0 Å². The Hall–Kier alpha value is -1.28. The summed E-state index contributed by atoms with van der Waals surface area (Å²) >= 11 is 5.99. The lowest BCUT2D eigenvalue weighted by atomic mass is 10.5. The van der Waals surface area contributed by atoms with Crippen LogP contribution in [-0.4, -0.2) is 44.1 Å². The maximum atomic E-state index is 8.92. The number of hydrogen-bond acceptors (Lipinski definition) is 6. The lowest BCUT2D eigenvalue weighted by Crippen LogP contribution is -2.15. The van der Waals surface area contributed by atoms with Gasteiger partial charge in [-0.25, -0.2) is 15.0 Å². The van der Waals surface area contributed by atoms with Gasteiger partial charge in [0.2, 0.25) is 0 Å². The molecule has 3 heterocycles. The normalized spacial score (nSPS) is 24.6. The van der Waals surface area contributed by atoms with Gasteiger partial charge < -0.3 is 14.6 Å². The number of aliphatic hydroxyl groups is 1. The van der Waals surface area contributed by atoms with E-state index in [1.54, 1.807) is 10.9 Å². The maximum absolute atomic E-state index is 8.92. The van der Waals surface area contributed by atoms with Crippen molar-refractivity contribution < 1.29 is 14.6 Å². The smallest absolute Gasteiger partial charge is 0.183 e. The summed E-state index contributed by atoms with van der Waals surface area (Å²) in [5, 5.41) is 9.23. The summed E-state index contributed by atoms with van der Waals surface area (Å²) in [6.45, 7) is 0.134. The Morgan fingerprint density at radius 1 is 1.47 bits per heavy atom. The molecule has 0 aromatic carbocycles. The monoisotopic (exact) mass is 256 g/mol. The fourth-order valence-electron chi connectivity index (χ4n) is 1.74. The van der Waals surface area contributed by atoms with Gasteiger partial charge in [0.25, 0.3) is 0 Å². The highest BCUT2D eigenvalue weighted by Gasteiger charge is 2.28. The first-order valence-corrected chi connectivity index (χ1v) is 5.38. The van der Waals surface area contributed by atoms with Gasteiger partial charge in [0.05, 0.1) is 19.5 Å². The van der Waals surface area contributed by atoms with E-state index < -0.39 is 6.29 Å². The van der Waals surface area contributed by atoms with E-state index in [-0.39, 0.29) is 12.8 Å². The molecule has 0 amide bonds. The molecule has 0 radical (unpaired) electrons. The quantitative estimate of drug-likeness (QED) is 0.781. The Balaban J connectivity index is 2.01. The minimum absolute atomic E-state index is 0.187. The highest BCUT2D eigenvalue weighted by Crippen LogP contribution is 2.27. The summed E-state index contributed by atoms with van der Waals surface area (Å²) in [5.41, 5.74) is 1.10. The van der Waals surface area contributed by atoms with E-state index in [1.807, 2.05) is 0 Å². The molecule has 1 aliphatic heterocycles. The van der Waals surface area contributed by atoms with Crippen molar-refractivity contribution in [1.29, 1.82) is 0 Å². The summed E-state index contributed by atoms with van der Waals surface area (Å²) in [6, 6.07) is 0. The minimum atomic E-state index is -0.610. The number of halogens is 1. The second-order valence-electron chi connectivity index (χ2n) is 3.52. The van der Waals surface area contributed by atoms with Crippen LogP contribution >= 0.6 is 11.6 Å². The molecular weight excluding hydrogens is 248 g/mol. The van der Waals surface area contributed by atoms with Crippen molar-refractivity contribution in [2.75, 3.05) is 13.2 Å². The van der Waals surface area contributed by atoms with Crippen molar-refractivity contribution in [2.45, 2.75) is 12.5 Å². The molecule has 90 valence electrons. The minimum Gasteiger partial charge on any atom is -0.391 e. The molecule has 1 aliphatic rings. The van der Waals surface area contributed by atoms with Gasteiger partial charge in [-0.3, -0.25) is 4.57 Å². The zero-order valence-electron chi connectivity index (χ0n) is 8.65. The molecule has 17 heavy (non-hydrogen) atoms. The molecule has 1 fully saturated rings. The number of rotatable bonds is 2. The van der Waals surface area contributed by atoms with Gasteiger partial charge in [-0.15, -0.1) is 0 Å². The molecule has 0 bridgehead atoms. The Kier molecular flexibility index (Phi) is 2.67. The average Bonchev–Trinajstić information content (AvgIpc) is 2.94. The molecule has 0 unspecified atom stereocenters. The number of nitrogens with zero attached hydrogens (tertiary/aromatic N) is 4. The van der Waals surface area contributed by atoms with Crippen LogP contribution in [0.15, 0.2) is 12.7 Å². The topological polar surface area (TPSA) is 82.3 Å². The van der Waals surface area contributed by atoms with E-state index in [1.165, 1.54) is 6.33 Å². The summed E-state index contributed by atoms with van der Waals surface area (Å²) in [6.07, 6.45) is 1.94. The highest BCUT2D eigenvalue weighted by molar-refractivity contribution is 6.33. The third-order valence-corrected chi connectivity index (χ3v) is 2.79. The Bertz CT molecular complexity index is 546. The van der Waals surface area contributed by atoms with Crippen molar-refractivity contribution in [3.05, 3.63) is 17.8 Å². The number of ether oxygens (including phenoxy) is 2. The largest absolute Gasteiger partial charge is 0.391 e. The van der Waals surface area contributed by atoms with Crippen LogP contribution < -0.4 is 0 Å². The van der Waals surface area contributed by atoms with Crippen LogP contribution in [0.4, 0.5) is 0 Å². The van der Waals surface area contributed by atoms with Gasteiger partial charge >= 0.3 is 0 Å². The molecule has 3 rings (SSSR count). The van der Waals surface area contributed by atoms with Crippen LogP contribution in [0.5, 0.6) is 0 Å². The fourth-order valence-corrected chi connectivity index (χ4v) is 1.97. The van der Waals surface area contributed by atoms with Gasteiger partial charge in [0.15, 0.2) is 23.3 Å². The van der Waals surface area contributed by atoms with Crippen LogP contribution in [0.25, 0.3) is 11.2 Å². The number of hydrogen-bond donors (Lipinski definition) is 1. The Morgan fingerprint density at radius 2 is 2.35 bits per heavy atom. The summed E-state index contributed by atoms with van der Waals surface area (Å²) in [7, 11) is 0. The number of fused-ring (bicyclic) bond motifs is 1. The zero-order chi connectivity index (χ0) is 11.8. The van der Waals surface area contributed by atoms with Crippen molar-refractivity contribution in [3.63, 3.8) is 0 Å². The molecule has 7 nitrogen and oxygen atoms in total. The Morgan fingerprint density at radius 3 is 3.12 bits per heavy atom. The first kappa shape index (κ1) is 10.8. The second-order valence-corrected chi connectivity index (χ2v) is 3.88. The van der Waals surface area contributed by atoms with Gasteiger partial charge in [-0.05, 0) is 0 Å². The molecule has 0 aliphatic carbocycles. The number of aromatic nitrogens is 4. The highest BCUT2D eigenvalue weighted by atomic mass is 35.5. The third kappa shape index (κ3) is 1.77. The maximum Gasteiger partial charge on any atom is 0.183 e. The lowest BCUT2D eigenvalue weighted by molar-refractivity contribution is -0.0979. The molecule has 2 aromatic rings. The van der Waals surface area contributed by atoms with E-state index >= 15 is 0 Å². The first-order chi connectivity index (χ1) is 8.29. The predicted octanol–water partition coefficient (Wildman–Crippen LogP) is 0.343. The summed E-state index contributed by atoms with van der Waals surface area (Å²) in [4.78, 5) is 12.0. The molecule has 0 saturated carbocycles. The molecule has 2 atom stereocenters. The second kappa shape index (κ2) is 4.19. The molecule has 0 spiro atoms. The molecule has 8 heteroatoms. The lowest BCUT2D eigenvalue weighted by Gasteiger charge is -2.11. The average molecular weight is 257 g/mol. The Labute approximate surface area is 101 Å². The van der Waals surface area contributed by atoms with Crippen molar-refractivity contribution in [3.8, 4) is 0 Å². The number of imidazole rings is 1. The van der Waals surface area contributed by atoms with Crippen LogP contribution in [0.1, 0.15) is 6.23 Å². The van der Waals surface area contributed by atoms with Gasteiger partial charge in [-0.1, -0.05) is 11.6 Å².